The largest absolute Gasteiger partial charge is 0.507 e. The molecule has 0 aliphatic heterocycles. The lowest BCUT2D eigenvalue weighted by atomic mass is 9.84. The van der Waals surface area contributed by atoms with Crippen LogP contribution in [0, 0.1) is 0 Å². The van der Waals surface area contributed by atoms with E-state index in [1.807, 2.05) is 12.1 Å². The lowest BCUT2D eigenvalue weighted by Crippen LogP contribution is -2.46. The molecular formula is C32H33N3O6S. The standard InChI is InChI=1S/C32H33N3O6S/c1-35(42(40,41)29-11-5-9-24-10-6-18-33-30(24)29)27(31(37)34-25-16-17-26(32(38)39)28(36)20-25)19-21-12-14-23(15-13-21)22-7-3-2-4-8-22/h5-6,9-18,20,22,27,36H,2-4,7-8,19H2,1H3,(H,34,37)(H,38,39). The van der Waals surface area contributed by atoms with Crippen LogP contribution in [0.1, 0.15) is 59.5 Å². The van der Waals surface area contributed by atoms with E-state index < -0.39 is 33.7 Å². The summed E-state index contributed by atoms with van der Waals surface area (Å²) in [5.74, 6) is -1.95. The number of rotatable bonds is 9. The molecule has 4 aromatic rings. The Hall–Kier alpha value is -4.28. The number of benzene rings is 3. The number of para-hydroxylation sites is 1. The number of pyridine rings is 1. The van der Waals surface area contributed by atoms with Gasteiger partial charge in [-0.1, -0.05) is 61.7 Å². The van der Waals surface area contributed by atoms with Gasteiger partial charge in [0, 0.05) is 30.4 Å². The van der Waals surface area contributed by atoms with Crippen molar-refractivity contribution in [3.05, 3.63) is 95.7 Å². The molecule has 0 spiro atoms. The highest BCUT2D eigenvalue weighted by Crippen LogP contribution is 2.33. The molecule has 0 radical (unpaired) electrons. The molecule has 1 aliphatic rings. The van der Waals surface area contributed by atoms with Crippen LogP contribution >= 0.6 is 0 Å². The van der Waals surface area contributed by atoms with E-state index in [1.54, 1.807) is 24.3 Å². The molecule has 1 saturated carbocycles. The zero-order valence-electron chi connectivity index (χ0n) is 23.2. The van der Waals surface area contributed by atoms with E-state index in [-0.39, 0.29) is 22.6 Å². The van der Waals surface area contributed by atoms with Crippen LogP contribution in [0.15, 0.2) is 83.9 Å². The minimum Gasteiger partial charge on any atom is -0.507 e. The first kappa shape index (κ1) is 29.2. The zero-order valence-corrected chi connectivity index (χ0v) is 24.0. The third kappa shape index (κ3) is 6.14. The smallest absolute Gasteiger partial charge is 0.339 e. The fourth-order valence-electron chi connectivity index (χ4n) is 5.59. The van der Waals surface area contributed by atoms with Crippen LogP contribution in [-0.4, -0.2) is 52.9 Å². The van der Waals surface area contributed by atoms with Crippen LogP contribution in [0.25, 0.3) is 10.9 Å². The predicted octanol–water partition coefficient (Wildman–Crippen LogP) is 5.56. The van der Waals surface area contributed by atoms with Gasteiger partial charge in [0.25, 0.3) is 0 Å². The van der Waals surface area contributed by atoms with Crippen molar-refractivity contribution < 1.29 is 28.2 Å². The maximum absolute atomic E-state index is 14.0. The van der Waals surface area contributed by atoms with Crippen LogP contribution in [0.4, 0.5) is 5.69 Å². The van der Waals surface area contributed by atoms with Crippen molar-refractivity contribution >= 4 is 38.5 Å². The van der Waals surface area contributed by atoms with Gasteiger partial charge >= 0.3 is 5.97 Å². The Kier molecular flexibility index (Phi) is 8.56. The summed E-state index contributed by atoms with van der Waals surface area (Å²) < 4.78 is 29.0. The number of carboxylic acid groups (broad SMARTS) is 1. The topological polar surface area (TPSA) is 137 Å². The van der Waals surface area contributed by atoms with E-state index in [0.29, 0.717) is 16.8 Å². The van der Waals surface area contributed by atoms with Gasteiger partial charge in [0.2, 0.25) is 15.9 Å². The van der Waals surface area contributed by atoms with Gasteiger partial charge in [0.05, 0.1) is 5.52 Å². The molecule has 9 nitrogen and oxygen atoms in total. The second kappa shape index (κ2) is 12.3. The molecule has 10 heteroatoms. The maximum atomic E-state index is 14.0. The van der Waals surface area contributed by atoms with Gasteiger partial charge in [-0.2, -0.15) is 4.31 Å². The highest BCUT2D eigenvalue weighted by molar-refractivity contribution is 7.89. The number of aromatic nitrogens is 1. The Labute approximate surface area is 244 Å². The van der Waals surface area contributed by atoms with E-state index in [0.717, 1.165) is 28.8 Å². The highest BCUT2D eigenvalue weighted by Gasteiger charge is 2.34. The van der Waals surface area contributed by atoms with Crippen LogP contribution in [0.3, 0.4) is 0 Å². The minimum atomic E-state index is -4.19. The molecule has 0 saturated heterocycles. The summed E-state index contributed by atoms with van der Waals surface area (Å²) in [6.07, 6.45) is 7.59. The monoisotopic (exact) mass is 587 g/mol. The summed E-state index contributed by atoms with van der Waals surface area (Å²) in [4.78, 5) is 29.3. The Morgan fingerprint density at radius 1 is 1.00 bits per heavy atom. The number of aromatic carboxylic acids is 1. The first-order valence-corrected chi connectivity index (χ1v) is 15.4. The van der Waals surface area contributed by atoms with Gasteiger partial charge < -0.3 is 15.5 Å². The summed E-state index contributed by atoms with van der Waals surface area (Å²) in [7, 11) is -2.83. The molecule has 0 bridgehead atoms. The Morgan fingerprint density at radius 2 is 1.71 bits per heavy atom. The van der Waals surface area contributed by atoms with Crippen LogP contribution < -0.4 is 5.32 Å². The minimum absolute atomic E-state index is 0.0167. The molecule has 218 valence electrons. The molecule has 1 heterocycles. The lowest BCUT2D eigenvalue weighted by Gasteiger charge is -2.27. The number of nitrogens with zero attached hydrogens (tertiary/aromatic N) is 2. The van der Waals surface area contributed by atoms with Gasteiger partial charge in [-0.25, -0.2) is 13.2 Å². The van der Waals surface area contributed by atoms with Crippen molar-refractivity contribution in [3.8, 4) is 5.75 Å². The fourth-order valence-corrected chi connectivity index (χ4v) is 7.08. The fraction of sp³-hybridized carbons (Fsp3) is 0.281. The number of hydrogen-bond donors (Lipinski definition) is 3. The normalized spacial score (nSPS) is 15.0. The maximum Gasteiger partial charge on any atom is 0.339 e. The van der Waals surface area contributed by atoms with Gasteiger partial charge in [-0.15, -0.1) is 0 Å². The average Bonchev–Trinajstić information content (AvgIpc) is 2.99. The van der Waals surface area contributed by atoms with E-state index in [9.17, 15) is 28.2 Å². The number of fused-ring (bicyclic) bond motifs is 1. The van der Waals surface area contributed by atoms with Crippen molar-refractivity contribution in [1.29, 1.82) is 0 Å². The number of phenols is 1. The van der Waals surface area contributed by atoms with Crippen LogP contribution in [0.2, 0.25) is 0 Å². The van der Waals surface area contributed by atoms with Crippen molar-refractivity contribution in [2.45, 2.75) is 55.4 Å². The molecule has 5 rings (SSSR count). The molecule has 3 aromatic carbocycles. The third-order valence-corrected chi connectivity index (χ3v) is 9.87. The number of carbonyl (C=O) groups is 2. The summed E-state index contributed by atoms with van der Waals surface area (Å²) in [5.41, 5.74) is 2.16. The molecule has 1 amide bonds. The molecule has 1 aliphatic carbocycles. The second-order valence-corrected chi connectivity index (χ2v) is 12.6. The van der Waals surface area contributed by atoms with E-state index >= 15 is 0 Å². The summed E-state index contributed by atoms with van der Waals surface area (Å²) in [6, 6.07) is 18.9. The molecule has 1 unspecified atom stereocenters. The van der Waals surface area contributed by atoms with Gasteiger partial charge in [-0.3, -0.25) is 9.78 Å². The Balaban J connectivity index is 1.47. The van der Waals surface area contributed by atoms with Crippen molar-refractivity contribution in [1.82, 2.24) is 9.29 Å². The molecule has 1 fully saturated rings. The van der Waals surface area contributed by atoms with Gasteiger partial charge in [0.15, 0.2) is 0 Å². The van der Waals surface area contributed by atoms with Crippen molar-refractivity contribution in [2.24, 2.45) is 0 Å². The number of carbonyl (C=O) groups excluding carboxylic acids is 1. The summed E-state index contributed by atoms with van der Waals surface area (Å²) in [6.45, 7) is 0. The highest BCUT2D eigenvalue weighted by atomic mass is 32.2. The number of amides is 1. The second-order valence-electron chi connectivity index (χ2n) is 10.7. The number of sulfonamides is 1. The lowest BCUT2D eigenvalue weighted by molar-refractivity contribution is -0.119. The molecule has 1 atom stereocenters. The SMILES string of the molecule is CN(C(Cc1ccc(C2CCCCC2)cc1)C(=O)Nc1ccc(C(=O)O)c(O)c1)S(=O)(=O)c1cccc2cccnc12. The van der Waals surface area contributed by atoms with E-state index in [1.165, 1.54) is 56.3 Å². The number of anilines is 1. The molecule has 1 aromatic heterocycles. The average molecular weight is 588 g/mol. The van der Waals surface area contributed by atoms with Crippen LogP contribution in [0.5, 0.6) is 5.75 Å². The first-order valence-electron chi connectivity index (χ1n) is 13.9. The first-order chi connectivity index (χ1) is 20.1. The quantitative estimate of drug-likeness (QED) is 0.233. The molecule has 42 heavy (non-hydrogen) atoms. The van der Waals surface area contributed by atoms with Gasteiger partial charge in [-0.05, 0) is 60.6 Å². The van der Waals surface area contributed by atoms with E-state index in [2.05, 4.69) is 22.4 Å². The van der Waals surface area contributed by atoms with E-state index in [4.69, 9.17) is 0 Å². The van der Waals surface area contributed by atoms with Crippen molar-refractivity contribution in [3.63, 3.8) is 0 Å². The number of nitrogens with one attached hydrogen (secondary N) is 1. The molecular weight excluding hydrogens is 554 g/mol. The number of aromatic hydroxyl groups is 1. The molecule has 3 N–H and O–H groups in total. The number of carboxylic acids is 1. The van der Waals surface area contributed by atoms with Crippen molar-refractivity contribution in [2.75, 3.05) is 12.4 Å². The Morgan fingerprint density at radius 3 is 2.40 bits per heavy atom. The summed E-state index contributed by atoms with van der Waals surface area (Å²) >= 11 is 0. The summed E-state index contributed by atoms with van der Waals surface area (Å²) in [5, 5.41) is 22.7. The number of likely N-dealkylation sites (N-methyl/N-ethyl adjacent to an activating group) is 1. The van der Waals surface area contributed by atoms with Crippen LogP contribution in [-0.2, 0) is 21.2 Å². The zero-order chi connectivity index (χ0) is 29.9. The Bertz CT molecular complexity index is 1710. The predicted molar refractivity (Wildman–Crippen MR) is 160 cm³/mol. The number of hydrogen-bond acceptors (Lipinski definition) is 6. The van der Waals surface area contributed by atoms with Gasteiger partial charge in [0.1, 0.15) is 22.3 Å². The third-order valence-electron chi connectivity index (χ3n) is 7.98.